The number of aromatic nitrogens is 3. The lowest BCUT2D eigenvalue weighted by Crippen LogP contribution is -2.37. The minimum atomic E-state index is -0.375. The molecule has 1 atom stereocenters. The number of rotatable bonds is 4. The van der Waals surface area contributed by atoms with Crippen molar-refractivity contribution in [3.05, 3.63) is 66.1 Å². The number of carbonyl (C=O) groups excluding carboxylic acids is 2. The molecule has 30 heavy (non-hydrogen) atoms. The van der Waals surface area contributed by atoms with E-state index in [2.05, 4.69) is 9.97 Å². The summed E-state index contributed by atoms with van der Waals surface area (Å²) in [6.07, 6.45) is 7.86. The molecule has 0 radical (unpaired) electrons. The van der Waals surface area contributed by atoms with Crippen molar-refractivity contribution in [1.29, 1.82) is 0 Å². The predicted octanol–water partition coefficient (Wildman–Crippen LogP) is 1.96. The van der Waals surface area contributed by atoms with Crippen LogP contribution in [0, 0.1) is 11.7 Å². The molecular weight excluding hydrogens is 385 g/mol. The van der Waals surface area contributed by atoms with Crippen LogP contribution in [-0.4, -0.2) is 62.2 Å². The number of benzene rings is 1. The van der Waals surface area contributed by atoms with Crippen LogP contribution in [0.3, 0.4) is 0 Å². The smallest absolute Gasteiger partial charge is 0.227 e. The van der Waals surface area contributed by atoms with Crippen molar-refractivity contribution in [3.8, 4) is 0 Å². The van der Waals surface area contributed by atoms with Crippen molar-refractivity contribution >= 4 is 17.5 Å². The van der Waals surface area contributed by atoms with E-state index in [0.717, 1.165) is 11.3 Å². The Hall–Kier alpha value is -3.29. The van der Waals surface area contributed by atoms with Gasteiger partial charge in [-0.25, -0.2) is 9.37 Å². The van der Waals surface area contributed by atoms with E-state index in [1.54, 1.807) is 47.3 Å². The first-order valence-corrected chi connectivity index (χ1v) is 10.0. The molecule has 3 heterocycles. The van der Waals surface area contributed by atoms with E-state index < -0.39 is 0 Å². The first-order chi connectivity index (χ1) is 14.5. The molecule has 156 valence electrons. The van der Waals surface area contributed by atoms with Crippen LogP contribution in [0.15, 0.2) is 49.1 Å². The summed E-state index contributed by atoms with van der Waals surface area (Å²) in [5.74, 6) is -0.482. The third-order valence-corrected chi connectivity index (χ3v) is 5.52. The highest BCUT2D eigenvalue weighted by molar-refractivity contribution is 5.79. The second kappa shape index (κ2) is 8.61. The molecule has 7 nitrogen and oxygen atoms in total. The number of imidazole rings is 1. The van der Waals surface area contributed by atoms with Gasteiger partial charge in [-0.3, -0.25) is 14.6 Å². The van der Waals surface area contributed by atoms with Crippen LogP contribution in [0.5, 0.6) is 0 Å². The van der Waals surface area contributed by atoms with Gasteiger partial charge in [0.05, 0.1) is 18.3 Å². The maximum absolute atomic E-state index is 14.0. The first-order valence-electron chi connectivity index (χ1n) is 10.0. The highest BCUT2D eigenvalue weighted by Gasteiger charge is 2.27. The van der Waals surface area contributed by atoms with Gasteiger partial charge in [-0.2, -0.15) is 0 Å². The second-order valence-electron chi connectivity index (χ2n) is 7.71. The molecule has 0 saturated carbocycles. The fraction of sp³-hybridized carbons (Fsp3) is 0.364. The molecule has 1 fully saturated rings. The van der Waals surface area contributed by atoms with Gasteiger partial charge in [-0.05, 0) is 24.0 Å². The van der Waals surface area contributed by atoms with Gasteiger partial charge in [-0.1, -0.05) is 18.2 Å². The molecule has 3 aromatic rings. The molecule has 0 aliphatic carbocycles. The molecule has 0 N–H and O–H groups in total. The summed E-state index contributed by atoms with van der Waals surface area (Å²) < 4.78 is 15.9. The van der Waals surface area contributed by atoms with E-state index in [9.17, 15) is 14.0 Å². The molecule has 0 spiro atoms. The van der Waals surface area contributed by atoms with Crippen molar-refractivity contribution in [3.63, 3.8) is 0 Å². The highest BCUT2D eigenvalue weighted by Crippen LogP contribution is 2.17. The molecule has 8 heteroatoms. The van der Waals surface area contributed by atoms with E-state index in [4.69, 9.17) is 0 Å². The molecule has 0 bridgehead atoms. The van der Waals surface area contributed by atoms with E-state index in [1.165, 1.54) is 6.07 Å². The van der Waals surface area contributed by atoms with Crippen molar-refractivity contribution in [2.24, 2.45) is 5.92 Å². The Bertz CT molecular complexity index is 1070. The molecular formula is C22H24FN5O2. The summed E-state index contributed by atoms with van der Waals surface area (Å²) in [5, 5.41) is 0. The number of hydrogen-bond acceptors (Lipinski definition) is 4. The molecule has 1 saturated heterocycles. The number of fused-ring (bicyclic) bond motifs is 1. The van der Waals surface area contributed by atoms with Gasteiger partial charge < -0.3 is 14.2 Å². The SMILES string of the molecule is CC(=O)N1CCN(C(=O)Cc2ccccc2F)CC(Cc2cn3ccnc3cn2)C1. The number of amides is 2. The first kappa shape index (κ1) is 20.0. The van der Waals surface area contributed by atoms with Crippen LogP contribution in [-0.2, 0) is 22.4 Å². The van der Waals surface area contributed by atoms with E-state index in [0.29, 0.717) is 38.2 Å². The topological polar surface area (TPSA) is 70.8 Å². The molecule has 1 aliphatic heterocycles. The van der Waals surface area contributed by atoms with Crippen LogP contribution in [0.4, 0.5) is 4.39 Å². The van der Waals surface area contributed by atoms with Crippen molar-refractivity contribution in [2.75, 3.05) is 26.2 Å². The largest absolute Gasteiger partial charge is 0.341 e. The molecule has 1 aliphatic rings. The second-order valence-corrected chi connectivity index (χ2v) is 7.71. The van der Waals surface area contributed by atoms with E-state index in [1.807, 2.05) is 16.8 Å². The lowest BCUT2D eigenvalue weighted by molar-refractivity contribution is -0.132. The Kier molecular flexibility index (Phi) is 5.74. The summed E-state index contributed by atoms with van der Waals surface area (Å²) in [6.45, 7) is 3.52. The zero-order chi connectivity index (χ0) is 21.1. The van der Waals surface area contributed by atoms with Crippen LogP contribution < -0.4 is 0 Å². The summed E-state index contributed by atoms with van der Waals surface area (Å²) in [4.78, 5) is 37.2. The van der Waals surface area contributed by atoms with Gasteiger partial charge >= 0.3 is 0 Å². The highest BCUT2D eigenvalue weighted by atomic mass is 19.1. The maximum atomic E-state index is 14.0. The molecule has 4 rings (SSSR count). The number of halogens is 1. The summed E-state index contributed by atoms with van der Waals surface area (Å²) in [7, 11) is 0. The average molecular weight is 409 g/mol. The van der Waals surface area contributed by atoms with Crippen molar-refractivity contribution in [2.45, 2.75) is 19.8 Å². The minimum Gasteiger partial charge on any atom is -0.341 e. The number of hydrogen-bond donors (Lipinski definition) is 0. The van der Waals surface area contributed by atoms with Crippen LogP contribution in [0.25, 0.3) is 5.65 Å². The zero-order valence-corrected chi connectivity index (χ0v) is 16.9. The molecule has 2 aromatic heterocycles. The van der Waals surface area contributed by atoms with Gasteiger partial charge in [0.25, 0.3) is 0 Å². The summed E-state index contributed by atoms with van der Waals surface area (Å²) >= 11 is 0. The molecule has 1 unspecified atom stereocenters. The monoisotopic (exact) mass is 409 g/mol. The fourth-order valence-electron chi connectivity index (χ4n) is 3.93. The number of nitrogens with zero attached hydrogens (tertiary/aromatic N) is 5. The lowest BCUT2D eigenvalue weighted by atomic mass is 10.0. The van der Waals surface area contributed by atoms with Crippen LogP contribution in [0.2, 0.25) is 0 Å². The van der Waals surface area contributed by atoms with Gasteiger partial charge in [0, 0.05) is 51.7 Å². The molecule has 1 aromatic carbocycles. The standard InChI is InChI=1S/C22H24FN5O2/c1-16(29)26-8-9-28(22(30)11-18-4-2-3-5-20(18)23)14-17(13-26)10-19-15-27-7-6-24-21(27)12-25-19/h2-7,12,15,17H,8-11,13-14H2,1H3. The Morgan fingerprint density at radius 1 is 1.13 bits per heavy atom. The quantitative estimate of drug-likeness (QED) is 0.661. The number of carbonyl (C=O) groups is 2. The Labute approximate surface area is 174 Å². The Morgan fingerprint density at radius 3 is 2.70 bits per heavy atom. The molecule has 2 amide bonds. The van der Waals surface area contributed by atoms with Gasteiger partial charge in [0.15, 0.2) is 5.65 Å². The van der Waals surface area contributed by atoms with Gasteiger partial charge in [0.2, 0.25) is 11.8 Å². The normalized spacial score (nSPS) is 17.2. The zero-order valence-electron chi connectivity index (χ0n) is 16.9. The Balaban J connectivity index is 1.51. The van der Waals surface area contributed by atoms with Crippen molar-refractivity contribution < 1.29 is 14.0 Å². The summed E-state index contributed by atoms with van der Waals surface area (Å²) in [6, 6.07) is 6.34. The summed E-state index contributed by atoms with van der Waals surface area (Å²) in [5.41, 5.74) is 2.03. The van der Waals surface area contributed by atoms with Crippen molar-refractivity contribution in [1.82, 2.24) is 24.2 Å². The van der Waals surface area contributed by atoms with Crippen LogP contribution in [0.1, 0.15) is 18.2 Å². The average Bonchev–Trinajstić information content (AvgIpc) is 3.08. The lowest BCUT2D eigenvalue weighted by Gasteiger charge is -2.24. The maximum Gasteiger partial charge on any atom is 0.227 e. The van der Waals surface area contributed by atoms with Gasteiger partial charge in [-0.15, -0.1) is 0 Å². The third kappa shape index (κ3) is 4.48. The van der Waals surface area contributed by atoms with E-state index in [-0.39, 0.29) is 30.0 Å². The van der Waals surface area contributed by atoms with E-state index >= 15 is 0 Å². The van der Waals surface area contributed by atoms with Gasteiger partial charge in [0.1, 0.15) is 5.82 Å². The predicted molar refractivity (Wildman–Crippen MR) is 109 cm³/mol. The third-order valence-electron chi connectivity index (χ3n) is 5.52. The fourth-order valence-corrected chi connectivity index (χ4v) is 3.93. The van der Waals surface area contributed by atoms with Crippen LogP contribution >= 0.6 is 0 Å². The Morgan fingerprint density at radius 2 is 1.90 bits per heavy atom. The minimum absolute atomic E-state index is 0.0126.